The molecule has 2 rings (SSSR count). The summed E-state index contributed by atoms with van der Waals surface area (Å²) in [5.74, 6) is -0.620. The molecule has 0 aromatic rings. The minimum atomic E-state index is -0.720. The Morgan fingerprint density at radius 2 is 2.00 bits per heavy atom. The van der Waals surface area contributed by atoms with Gasteiger partial charge in [-0.1, -0.05) is 12.2 Å². The van der Waals surface area contributed by atoms with Crippen LogP contribution in [0.15, 0.2) is 12.2 Å². The summed E-state index contributed by atoms with van der Waals surface area (Å²) in [4.78, 5) is 23.9. The van der Waals surface area contributed by atoms with E-state index >= 15 is 0 Å². The molecular weight excluding hydrogens is 220 g/mol. The zero-order chi connectivity index (χ0) is 12.6. The van der Waals surface area contributed by atoms with Gasteiger partial charge in [0.25, 0.3) is 0 Å². The average molecular weight is 238 g/mol. The molecule has 0 N–H and O–H groups in total. The van der Waals surface area contributed by atoms with Crippen molar-refractivity contribution in [3.05, 3.63) is 12.2 Å². The molecule has 0 heterocycles. The van der Waals surface area contributed by atoms with E-state index in [0.717, 1.165) is 12.0 Å². The third-order valence-electron chi connectivity index (χ3n) is 4.28. The number of esters is 2. The van der Waals surface area contributed by atoms with Crippen molar-refractivity contribution in [1.29, 1.82) is 0 Å². The molecule has 2 saturated carbocycles. The van der Waals surface area contributed by atoms with Crippen molar-refractivity contribution in [3.63, 3.8) is 0 Å². The van der Waals surface area contributed by atoms with Crippen LogP contribution in [-0.2, 0) is 19.1 Å². The molecule has 0 spiro atoms. The quantitative estimate of drug-likeness (QED) is 0.542. The highest BCUT2D eigenvalue weighted by molar-refractivity contribution is 5.86. The summed E-state index contributed by atoms with van der Waals surface area (Å²) in [5.41, 5.74) is 0.351. The van der Waals surface area contributed by atoms with Gasteiger partial charge >= 0.3 is 11.9 Å². The Morgan fingerprint density at radius 3 is 2.59 bits per heavy atom. The van der Waals surface area contributed by atoms with Gasteiger partial charge < -0.3 is 9.47 Å². The number of ether oxygens (including phenoxy) is 2. The lowest BCUT2D eigenvalue weighted by Crippen LogP contribution is -2.44. The molecule has 94 valence electrons. The average Bonchev–Trinajstić information content (AvgIpc) is 2.61. The summed E-state index contributed by atoms with van der Waals surface area (Å²) in [7, 11) is 2.74. The van der Waals surface area contributed by atoms with Crippen LogP contribution >= 0.6 is 0 Å². The van der Waals surface area contributed by atoms with Crippen LogP contribution in [0.25, 0.3) is 0 Å². The predicted molar refractivity (Wildman–Crippen MR) is 61.1 cm³/mol. The van der Waals surface area contributed by atoms with Gasteiger partial charge in [-0.15, -0.1) is 0 Å². The van der Waals surface area contributed by atoms with Gasteiger partial charge in [-0.05, 0) is 31.6 Å². The third kappa shape index (κ3) is 1.66. The fraction of sp³-hybridized carbons (Fsp3) is 0.692. The molecule has 0 aliphatic heterocycles. The third-order valence-corrected chi connectivity index (χ3v) is 4.28. The van der Waals surface area contributed by atoms with Gasteiger partial charge in [0.05, 0.1) is 25.6 Å². The number of allylic oxidation sites excluding steroid dienone is 1. The van der Waals surface area contributed by atoms with Crippen LogP contribution < -0.4 is 0 Å². The molecule has 0 saturated heterocycles. The molecule has 4 nitrogen and oxygen atoms in total. The maximum absolute atomic E-state index is 12.1. The van der Waals surface area contributed by atoms with Crippen LogP contribution in [0.1, 0.15) is 25.7 Å². The second kappa shape index (κ2) is 4.17. The molecule has 4 heteroatoms. The topological polar surface area (TPSA) is 52.6 Å². The van der Waals surface area contributed by atoms with Crippen LogP contribution in [-0.4, -0.2) is 26.2 Å². The predicted octanol–water partition coefficient (Wildman–Crippen LogP) is 1.70. The summed E-state index contributed by atoms with van der Waals surface area (Å²) in [5, 5.41) is 0. The van der Waals surface area contributed by atoms with Crippen LogP contribution in [0.3, 0.4) is 0 Å². The second-order valence-corrected chi connectivity index (χ2v) is 5.04. The number of carbonyl (C=O) groups is 2. The van der Waals surface area contributed by atoms with Crippen molar-refractivity contribution >= 4 is 11.9 Å². The van der Waals surface area contributed by atoms with E-state index < -0.39 is 5.41 Å². The Balaban J connectivity index is 2.37. The molecular formula is C13H18O4. The Morgan fingerprint density at radius 1 is 1.29 bits per heavy atom. The summed E-state index contributed by atoms with van der Waals surface area (Å²) < 4.78 is 9.71. The van der Waals surface area contributed by atoms with Crippen molar-refractivity contribution in [2.75, 3.05) is 14.2 Å². The van der Waals surface area contributed by atoms with E-state index in [1.165, 1.54) is 14.2 Å². The van der Waals surface area contributed by atoms with E-state index in [1.54, 1.807) is 0 Å². The fourth-order valence-electron chi connectivity index (χ4n) is 3.41. The van der Waals surface area contributed by atoms with E-state index in [4.69, 9.17) is 9.47 Å². The summed E-state index contributed by atoms with van der Waals surface area (Å²) in [6.45, 7) is 4.02. The Hall–Kier alpha value is -1.32. The van der Waals surface area contributed by atoms with Crippen LogP contribution in [0, 0.1) is 17.3 Å². The molecule has 0 amide bonds. The first-order valence-corrected chi connectivity index (χ1v) is 5.89. The first-order chi connectivity index (χ1) is 8.05. The maximum Gasteiger partial charge on any atom is 0.313 e. The summed E-state index contributed by atoms with van der Waals surface area (Å²) in [6.07, 6.45) is 2.84. The number of hydrogen-bond donors (Lipinski definition) is 0. The molecule has 2 aliphatic carbocycles. The number of carbonyl (C=O) groups excluding carboxylic acids is 2. The SMILES string of the molecule is C=C1C[C@]2(C(=O)OC)C[C@H]1CC[C@H]2C(=O)OC. The summed E-state index contributed by atoms with van der Waals surface area (Å²) >= 11 is 0. The van der Waals surface area contributed by atoms with E-state index in [9.17, 15) is 9.59 Å². The lowest BCUT2D eigenvalue weighted by Gasteiger charge is -2.36. The smallest absolute Gasteiger partial charge is 0.313 e. The van der Waals surface area contributed by atoms with Gasteiger partial charge in [0.15, 0.2) is 0 Å². The minimum absolute atomic E-state index is 0.295. The Bertz CT molecular complexity index is 374. The van der Waals surface area contributed by atoms with Crippen molar-refractivity contribution in [2.45, 2.75) is 25.7 Å². The fourth-order valence-corrected chi connectivity index (χ4v) is 3.41. The molecule has 0 aromatic carbocycles. The first kappa shape index (κ1) is 12.1. The minimum Gasteiger partial charge on any atom is -0.469 e. The maximum atomic E-state index is 12.1. The lowest BCUT2D eigenvalue weighted by molar-refractivity contribution is -0.168. The normalized spacial score (nSPS) is 35.5. The molecule has 3 atom stereocenters. The second-order valence-electron chi connectivity index (χ2n) is 5.04. The van der Waals surface area contributed by atoms with Gasteiger partial charge in [-0.3, -0.25) is 9.59 Å². The van der Waals surface area contributed by atoms with Gasteiger partial charge in [-0.25, -0.2) is 0 Å². The van der Waals surface area contributed by atoms with Crippen molar-refractivity contribution < 1.29 is 19.1 Å². The van der Waals surface area contributed by atoms with Crippen LogP contribution in [0.4, 0.5) is 0 Å². The van der Waals surface area contributed by atoms with E-state index in [1.807, 2.05) is 0 Å². The van der Waals surface area contributed by atoms with Gasteiger partial charge in [0.2, 0.25) is 0 Å². The van der Waals surface area contributed by atoms with E-state index in [0.29, 0.717) is 25.2 Å². The van der Waals surface area contributed by atoms with E-state index in [2.05, 4.69) is 6.58 Å². The zero-order valence-corrected chi connectivity index (χ0v) is 10.3. The Kier molecular flexibility index (Phi) is 2.98. The molecule has 2 aliphatic rings. The highest BCUT2D eigenvalue weighted by Gasteiger charge is 2.58. The molecule has 0 unspecified atom stereocenters. The molecule has 2 bridgehead atoms. The van der Waals surface area contributed by atoms with Gasteiger partial charge in [0.1, 0.15) is 0 Å². The van der Waals surface area contributed by atoms with Gasteiger partial charge in [0, 0.05) is 0 Å². The molecule has 0 radical (unpaired) electrons. The standard InChI is InChI=1S/C13H18O4/c1-8-6-13(12(15)17-3)7-9(8)4-5-10(13)11(14)16-2/h9-10H,1,4-7H2,2-3H3/t9-,10+,13+/m1/s1. The number of hydrogen-bond acceptors (Lipinski definition) is 4. The Labute approximate surface area is 101 Å². The largest absolute Gasteiger partial charge is 0.469 e. The lowest BCUT2D eigenvalue weighted by atomic mass is 9.67. The summed E-state index contributed by atoms with van der Waals surface area (Å²) in [6, 6.07) is 0. The monoisotopic (exact) mass is 238 g/mol. The number of methoxy groups -OCH3 is 2. The van der Waals surface area contributed by atoms with Crippen molar-refractivity contribution in [3.8, 4) is 0 Å². The highest BCUT2D eigenvalue weighted by Crippen LogP contribution is 2.57. The van der Waals surface area contributed by atoms with Crippen molar-refractivity contribution in [2.24, 2.45) is 17.3 Å². The van der Waals surface area contributed by atoms with E-state index in [-0.39, 0.29) is 17.9 Å². The van der Waals surface area contributed by atoms with Crippen molar-refractivity contribution in [1.82, 2.24) is 0 Å². The van der Waals surface area contributed by atoms with Crippen LogP contribution in [0.5, 0.6) is 0 Å². The highest BCUT2D eigenvalue weighted by atomic mass is 16.5. The zero-order valence-electron chi connectivity index (χ0n) is 10.3. The number of fused-ring (bicyclic) bond motifs is 2. The number of rotatable bonds is 2. The van der Waals surface area contributed by atoms with Gasteiger partial charge in [-0.2, -0.15) is 0 Å². The van der Waals surface area contributed by atoms with Crippen LogP contribution in [0.2, 0.25) is 0 Å². The molecule has 2 fully saturated rings. The molecule has 17 heavy (non-hydrogen) atoms. The molecule has 0 aromatic heterocycles. The first-order valence-electron chi connectivity index (χ1n) is 5.89.